The Balaban J connectivity index is 2.63. The largest absolute Gasteiger partial charge is 0.393 e. The SMILES string of the molecule is CCC(O)CCc1cccc(F)c1Cl. The van der Waals surface area contributed by atoms with E-state index in [1.165, 1.54) is 6.07 Å². The molecule has 1 rings (SSSR count). The van der Waals surface area contributed by atoms with Crippen LogP contribution in [0.15, 0.2) is 18.2 Å². The van der Waals surface area contributed by atoms with Crippen LogP contribution in [0.3, 0.4) is 0 Å². The van der Waals surface area contributed by atoms with E-state index < -0.39 is 5.82 Å². The van der Waals surface area contributed by atoms with E-state index in [1.54, 1.807) is 12.1 Å². The van der Waals surface area contributed by atoms with Gasteiger partial charge in [-0.2, -0.15) is 0 Å². The highest BCUT2D eigenvalue weighted by molar-refractivity contribution is 6.31. The molecule has 0 aliphatic heterocycles. The fourth-order valence-corrected chi connectivity index (χ4v) is 1.49. The zero-order chi connectivity index (χ0) is 10.6. The molecule has 1 N–H and O–H groups in total. The number of hydrogen-bond donors (Lipinski definition) is 1. The average molecular weight is 217 g/mol. The zero-order valence-electron chi connectivity index (χ0n) is 8.13. The number of rotatable bonds is 4. The Bertz CT molecular complexity index is 301. The Morgan fingerprint density at radius 2 is 2.21 bits per heavy atom. The molecule has 0 aliphatic rings. The van der Waals surface area contributed by atoms with Gasteiger partial charge in [-0.15, -0.1) is 0 Å². The molecule has 0 aromatic heterocycles. The number of aryl methyl sites for hydroxylation is 1. The number of halogens is 2. The van der Waals surface area contributed by atoms with E-state index in [0.29, 0.717) is 19.3 Å². The molecule has 1 unspecified atom stereocenters. The minimum Gasteiger partial charge on any atom is -0.393 e. The fraction of sp³-hybridized carbons (Fsp3) is 0.455. The molecule has 0 saturated carbocycles. The number of aliphatic hydroxyl groups is 1. The summed E-state index contributed by atoms with van der Waals surface area (Å²) >= 11 is 5.76. The molecule has 0 radical (unpaired) electrons. The molecule has 0 amide bonds. The predicted octanol–water partition coefficient (Wildman–Crippen LogP) is 3.18. The van der Waals surface area contributed by atoms with Crippen molar-refractivity contribution < 1.29 is 9.50 Å². The van der Waals surface area contributed by atoms with Crippen LogP contribution in [0.2, 0.25) is 5.02 Å². The molecule has 0 spiro atoms. The van der Waals surface area contributed by atoms with Crippen LogP contribution in [-0.4, -0.2) is 11.2 Å². The van der Waals surface area contributed by atoms with Crippen molar-refractivity contribution in [1.82, 2.24) is 0 Å². The fourth-order valence-electron chi connectivity index (χ4n) is 1.27. The standard InChI is InChI=1S/C11H14ClFO/c1-2-9(14)7-6-8-4-3-5-10(13)11(8)12/h3-5,9,14H,2,6-7H2,1H3. The van der Waals surface area contributed by atoms with E-state index in [9.17, 15) is 9.50 Å². The molecule has 3 heteroatoms. The number of aliphatic hydroxyl groups excluding tert-OH is 1. The van der Waals surface area contributed by atoms with Crippen molar-refractivity contribution in [3.05, 3.63) is 34.6 Å². The van der Waals surface area contributed by atoms with Crippen LogP contribution in [0.25, 0.3) is 0 Å². The Hall–Kier alpha value is -0.600. The summed E-state index contributed by atoms with van der Waals surface area (Å²) in [7, 11) is 0. The van der Waals surface area contributed by atoms with Crippen LogP contribution in [0.1, 0.15) is 25.3 Å². The Morgan fingerprint density at radius 3 is 2.86 bits per heavy atom. The van der Waals surface area contributed by atoms with Crippen molar-refractivity contribution in [1.29, 1.82) is 0 Å². The van der Waals surface area contributed by atoms with Crippen molar-refractivity contribution in [2.45, 2.75) is 32.3 Å². The van der Waals surface area contributed by atoms with Gasteiger partial charge in [-0.1, -0.05) is 30.7 Å². The second-order valence-electron chi connectivity index (χ2n) is 3.31. The average Bonchev–Trinajstić information content (AvgIpc) is 2.20. The Labute approximate surface area is 88.5 Å². The first-order chi connectivity index (χ1) is 6.65. The summed E-state index contributed by atoms with van der Waals surface area (Å²) in [5.74, 6) is -0.393. The third-order valence-electron chi connectivity index (χ3n) is 2.25. The van der Waals surface area contributed by atoms with Gasteiger partial charge >= 0.3 is 0 Å². The molecule has 1 nitrogen and oxygen atoms in total. The predicted molar refractivity (Wildman–Crippen MR) is 56.0 cm³/mol. The maximum Gasteiger partial charge on any atom is 0.142 e. The highest BCUT2D eigenvalue weighted by atomic mass is 35.5. The van der Waals surface area contributed by atoms with Gasteiger partial charge in [0.1, 0.15) is 5.82 Å². The summed E-state index contributed by atoms with van der Waals surface area (Å²) in [6.07, 6.45) is 1.63. The monoisotopic (exact) mass is 216 g/mol. The van der Waals surface area contributed by atoms with E-state index >= 15 is 0 Å². The summed E-state index contributed by atoms with van der Waals surface area (Å²) in [5.41, 5.74) is 0.763. The van der Waals surface area contributed by atoms with Gasteiger partial charge in [0.05, 0.1) is 11.1 Å². The lowest BCUT2D eigenvalue weighted by molar-refractivity contribution is 0.160. The molecule has 0 bridgehead atoms. The smallest absolute Gasteiger partial charge is 0.142 e. The summed E-state index contributed by atoms with van der Waals surface area (Å²) in [4.78, 5) is 0. The van der Waals surface area contributed by atoms with E-state index in [4.69, 9.17) is 11.6 Å². The van der Waals surface area contributed by atoms with Crippen LogP contribution in [0.5, 0.6) is 0 Å². The van der Waals surface area contributed by atoms with Crippen LogP contribution in [0, 0.1) is 5.82 Å². The Morgan fingerprint density at radius 1 is 1.50 bits per heavy atom. The van der Waals surface area contributed by atoms with E-state index in [2.05, 4.69) is 0 Å². The molecular formula is C11H14ClFO. The van der Waals surface area contributed by atoms with Gasteiger partial charge in [-0.25, -0.2) is 4.39 Å². The maximum absolute atomic E-state index is 13.0. The topological polar surface area (TPSA) is 20.2 Å². The first-order valence-electron chi connectivity index (χ1n) is 4.76. The van der Waals surface area contributed by atoms with Gasteiger partial charge in [0.25, 0.3) is 0 Å². The normalized spacial score (nSPS) is 12.9. The van der Waals surface area contributed by atoms with Gasteiger partial charge in [-0.3, -0.25) is 0 Å². The molecule has 1 aromatic carbocycles. The molecule has 0 fully saturated rings. The van der Waals surface area contributed by atoms with Crippen LogP contribution in [-0.2, 0) is 6.42 Å². The van der Waals surface area contributed by atoms with Gasteiger partial charge in [-0.05, 0) is 30.9 Å². The number of benzene rings is 1. The minimum atomic E-state index is -0.393. The second-order valence-corrected chi connectivity index (χ2v) is 3.69. The summed E-state index contributed by atoms with van der Waals surface area (Å²) in [5, 5.41) is 9.52. The van der Waals surface area contributed by atoms with E-state index in [-0.39, 0.29) is 11.1 Å². The lowest BCUT2D eigenvalue weighted by atomic mass is 10.1. The summed E-state index contributed by atoms with van der Waals surface area (Å²) in [6, 6.07) is 4.75. The molecule has 0 heterocycles. The highest BCUT2D eigenvalue weighted by Crippen LogP contribution is 2.21. The van der Waals surface area contributed by atoms with Crippen molar-refractivity contribution in [3.63, 3.8) is 0 Å². The lowest BCUT2D eigenvalue weighted by Crippen LogP contribution is -2.06. The molecule has 1 atom stereocenters. The molecule has 14 heavy (non-hydrogen) atoms. The van der Waals surface area contributed by atoms with Crippen LogP contribution in [0.4, 0.5) is 4.39 Å². The molecule has 0 aliphatic carbocycles. The van der Waals surface area contributed by atoms with Crippen molar-refractivity contribution in [2.75, 3.05) is 0 Å². The minimum absolute atomic E-state index is 0.177. The first-order valence-corrected chi connectivity index (χ1v) is 5.14. The van der Waals surface area contributed by atoms with E-state index in [1.807, 2.05) is 6.92 Å². The lowest BCUT2D eigenvalue weighted by Gasteiger charge is -2.08. The third-order valence-corrected chi connectivity index (χ3v) is 2.67. The summed E-state index contributed by atoms with van der Waals surface area (Å²) in [6.45, 7) is 1.91. The summed E-state index contributed by atoms with van der Waals surface area (Å²) < 4.78 is 13.0. The van der Waals surface area contributed by atoms with Crippen molar-refractivity contribution in [2.24, 2.45) is 0 Å². The molecule has 0 saturated heterocycles. The van der Waals surface area contributed by atoms with Gasteiger partial charge < -0.3 is 5.11 Å². The highest BCUT2D eigenvalue weighted by Gasteiger charge is 2.07. The van der Waals surface area contributed by atoms with Crippen LogP contribution >= 0.6 is 11.6 Å². The third kappa shape index (κ3) is 2.96. The maximum atomic E-state index is 13.0. The van der Waals surface area contributed by atoms with Gasteiger partial charge in [0.2, 0.25) is 0 Å². The molecule has 78 valence electrons. The molecular weight excluding hydrogens is 203 g/mol. The van der Waals surface area contributed by atoms with Crippen LogP contribution < -0.4 is 0 Å². The van der Waals surface area contributed by atoms with Gasteiger partial charge in [0, 0.05) is 0 Å². The quantitative estimate of drug-likeness (QED) is 0.820. The molecule has 1 aromatic rings. The van der Waals surface area contributed by atoms with Crippen molar-refractivity contribution >= 4 is 11.6 Å². The van der Waals surface area contributed by atoms with Gasteiger partial charge in [0.15, 0.2) is 0 Å². The second kappa shape index (κ2) is 5.32. The Kier molecular flexibility index (Phi) is 4.36. The van der Waals surface area contributed by atoms with E-state index in [0.717, 1.165) is 5.56 Å². The first kappa shape index (κ1) is 11.5. The number of hydrogen-bond acceptors (Lipinski definition) is 1. The zero-order valence-corrected chi connectivity index (χ0v) is 8.89. The van der Waals surface area contributed by atoms with Crippen molar-refractivity contribution in [3.8, 4) is 0 Å².